The summed E-state index contributed by atoms with van der Waals surface area (Å²) in [5, 5.41) is 0. The summed E-state index contributed by atoms with van der Waals surface area (Å²) < 4.78 is 0. The fourth-order valence-electron chi connectivity index (χ4n) is 3.29. The Morgan fingerprint density at radius 1 is 0.800 bits per heavy atom. The van der Waals surface area contributed by atoms with Crippen LogP contribution in [0.3, 0.4) is 0 Å². The molecule has 0 aromatic carbocycles. The summed E-state index contributed by atoms with van der Waals surface area (Å²) in [6.07, 6.45) is 12.2. The van der Waals surface area contributed by atoms with E-state index in [1.165, 1.54) is 40.7 Å². The molecule has 0 bridgehead atoms. The summed E-state index contributed by atoms with van der Waals surface area (Å²) in [4.78, 5) is 0. The molecule has 88 valence electrons. The van der Waals surface area contributed by atoms with Gasteiger partial charge in [-0.25, -0.2) is 0 Å². The maximum absolute atomic E-state index is 2.50. The molecule has 2 saturated carbocycles. The first-order valence-electron chi connectivity index (χ1n) is 7.01. The summed E-state index contributed by atoms with van der Waals surface area (Å²) in [5.74, 6) is 2.06. The molecule has 15 heavy (non-hydrogen) atoms. The Morgan fingerprint density at radius 2 is 1.47 bits per heavy atom. The zero-order valence-corrected chi connectivity index (χ0v) is 11.5. The van der Waals surface area contributed by atoms with Crippen molar-refractivity contribution < 1.29 is 0 Å². The van der Waals surface area contributed by atoms with E-state index in [1.54, 1.807) is 19.3 Å². The highest BCUT2D eigenvalue weighted by Crippen LogP contribution is 2.44. The molecule has 0 aromatic heterocycles. The van der Waals surface area contributed by atoms with Crippen molar-refractivity contribution in [3.63, 3.8) is 0 Å². The predicted molar refractivity (Wildman–Crippen MR) is 71.2 cm³/mol. The lowest BCUT2D eigenvalue weighted by Crippen LogP contribution is -2.22. The van der Waals surface area contributed by atoms with Crippen molar-refractivity contribution in [1.29, 1.82) is 0 Å². The average Bonchev–Trinajstić information content (AvgIpc) is 2.25. The molecule has 0 aromatic rings. The monoisotopic (exact) mass is 226 g/mol. The van der Waals surface area contributed by atoms with E-state index in [4.69, 9.17) is 0 Å². The van der Waals surface area contributed by atoms with E-state index in [1.807, 2.05) is 0 Å². The minimum absolute atomic E-state index is 1.02. The lowest BCUT2D eigenvalue weighted by molar-refractivity contribution is 0.375. The van der Waals surface area contributed by atoms with Crippen molar-refractivity contribution in [1.82, 2.24) is 0 Å². The summed E-state index contributed by atoms with van der Waals surface area (Å²) in [6, 6.07) is 0. The molecule has 3 atom stereocenters. The van der Waals surface area contributed by atoms with Crippen molar-refractivity contribution in [3.8, 4) is 0 Å². The maximum atomic E-state index is 2.50. The highest BCUT2D eigenvalue weighted by Gasteiger charge is 2.26. The van der Waals surface area contributed by atoms with Crippen molar-refractivity contribution in [2.45, 2.75) is 76.5 Å². The van der Waals surface area contributed by atoms with Crippen molar-refractivity contribution >= 4 is 8.58 Å². The van der Waals surface area contributed by atoms with Gasteiger partial charge < -0.3 is 0 Å². The van der Waals surface area contributed by atoms with E-state index in [-0.39, 0.29) is 0 Å². The van der Waals surface area contributed by atoms with Crippen LogP contribution >= 0.6 is 8.58 Å². The van der Waals surface area contributed by atoms with Crippen LogP contribution < -0.4 is 0 Å². The topological polar surface area (TPSA) is 0 Å². The first kappa shape index (κ1) is 11.9. The van der Waals surface area contributed by atoms with Gasteiger partial charge in [0.05, 0.1) is 0 Å². The number of hydrogen-bond donors (Lipinski definition) is 0. The van der Waals surface area contributed by atoms with Gasteiger partial charge in [-0.1, -0.05) is 46.0 Å². The Bertz CT molecular complexity index is 182. The minimum Gasteiger partial charge on any atom is -0.115 e. The third-order valence-corrected chi connectivity index (χ3v) is 6.91. The Hall–Kier alpha value is 0.430. The van der Waals surface area contributed by atoms with E-state index >= 15 is 0 Å². The molecular formula is C14H27P. The molecule has 2 aliphatic rings. The van der Waals surface area contributed by atoms with Gasteiger partial charge in [-0.2, -0.15) is 0 Å². The van der Waals surface area contributed by atoms with Crippen LogP contribution in [-0.4, -0.2) is 11.3 Å². The lowest BCUT2D eigenvalue weighted by atomic mass is 9.90. The van der Waals surface area contributed by atoms with Gasteiger partial charge in [0, 0.05) is 0 Å². The first-order chi connectivity index (χ1) is 7.25. The number of hydrogen-bond acceptors (Lipinski definition) is 0. The molecule has 0 nitrogen and oxygen atoms in total. The maximum Gasteiger partial charge on any atom is -0.0208 e. The van der Waals surface area contributed by atoms with Crippen LogP contribution in [0.2, 0.25) is 0 Å². The molecule has 0 saturated heterocycles. The van der Waals surface area contributed by atoms with Gasteiger partial charge in [0.1, 0.15) is 0 Å². The van der Waals surface area contributed by atoms with Crippen LogP contribution in [-0.2, 0) is 0 Å². The zero-order chi connectivity index (χ0) is 10.7. The second kappa shape index (κ2) is 5.67. The van der Waals surface area contributed by atoms with Gasteiger partial charge in [-0.05, 0) is 42.4 Å². The molecule has 0 radical (unpaired) electrons. The van der Waals surface area contributed by atoms with Crippen molar-refractivity contribution in [2.24, 2.45) is 11.8 Å². The molecular weight excluding hydrogens is 199 g/mol. The fourth-order valence-corrected chi connectivity index (χ4v) is 5.43. The smallest absolute Gasteiger partial charge is 0.0208 e. The van der Waals surface area contributed by atoms with E-state index in [2.05, 4.69) is 13.8 Å². The van der Waals surface area contributed by atoms with Crippen LogP contribution in [0.15, 0.2) is 0 Å². The molecule has 3 unspecified atom stereocenters. The molecule has 0 spiro atoms. The molecule has 0 N–H and O–H groups in total. The molecule has 2 rings (SSSR count). The molecule has 2 fully saturated rings. The molecule has 0 heterocycles. The Morgan fingerprint density at radius 3 is 2.13 bits per heavy atom. The molecule has 2 aliphatic carbocycles. The largest absolute Gasteiger partial charge is 0.115 e. The summed E-state index contributed by atoms with van der Waals surface area (Å²) in [5.41, 5.74) is 2.23. The second-order valence-corrected chi connectivity index (χ2v) is 7.88. The molecule has 0 aliphatic heterocycles. The van der Waals surface area contributed by atoms with Gasteiger partial charge in [0.2, 0.25) is 0 Å². The number of rotatable bonds is 2. The SMILES string of the molecule is CC1CCC(PC2CCCCC2C)CC1. The standard InChI is InChI=1S/C14H27P/c1-11-7-9-13(10-8-11)15-14-6-4-3-5-12(14)2/h11-15H,3-10H2,1-2H3. The quantitative estimate of drug-likeness (QED) is 0.592. The van der Waals surface area contributed by atoms with E-state index < -0.39 is 0 Å². The Labute approximate surface area is 97.4 Å². The fraction of sp³-hybridized carbons (Fsp3) is 1.00. The van der Waals surface area contributed by atoms with Crippen LogP contribution in [0.1, 0.15) is 65.2 Å². The normalized spacial score (nSPS) is 43.6. The third-order valence-electron chi connectivity index (χ3n) is 4.58. The highest BCUT2D eigenvalue weighted by molar-refractivity contribution is 7.39. The minimum atomic E-state index is 1.02. The first-order valence-corrected chi connectivity index (χ1v) is 8.17. The lowest BCUT2D eigenvalue weighted by Gasteiger charge is -2.34. The van der Waals surface area contributed by atoms with Crippen molar-refractivity contribution in [2.75, 3.05) is 0 Å². The Kier molecular flexibility index (Phi) is 4.50. The van der Waals surface area contributed by atoms with Crippen LogP contribution in [0.25, 0.3) is 0 Å². The van der Waals surface area contributed by atoms with E-state index in [9.17, 15) is 0 Å². The van der Waals surface area contributed by atoms with Crippen LogP contribution in [0.5, 0.6) is 0 Å². The van der Waals surface area contributed by atoms with Crippen molar-refractivity contribution in [3.05, 3.63) is 0 Å². The van der Waals surface area contributed by atoms with Gasteiger partial charge in [-0.3, -0.25) is 0 Å². The zero-order valence-electron chi connectivity index (χ0n) is 10.5. The third kappa shape index (κ3) is 3.45. The van der Waals surface area contributed by atoms with E-state index in [0.717, 1.165) is 23.2 Å². The van der Waals surface area contributed by atoms with E-state index in [0.29, 0.717) is 0 Å². The molecule has 1 heteroatoms. The van der Waals surface area contributed by atoms with Gasteiger partial charge in [0.25, 0.3) is 0 Å². The summed E-state index contributed by atoms with van der Waals surface area (Å²) in [7, 11) is 1.30. The predicted octanol–water partition coefficient (Wildman–Crippen LogP) is 4.82. The average molecular weight is 226 g/mol. The van der Waals surface area contributed by atoms with Crippen LogP contribution in [0, 0.1) is 11.8 Å². The van der Waals surface area contributed by atoms with Gasteiger partial charge in [-0.15, -0.1) is 8.58 Å². The second-order valence-electron chi connectivity index (χ2n) is 5.99. The van der Waals surface area contributed by atoms with Gasteiger partial charge in [0.15, 0.2) is 0 Å². The molecule has 0 amide bonds. The Balaban J connectivity index is 1.75. The van der Waals surface area contributed by atoms with Crippen LogP contribution in [0.4, 0.5) is 0 Å². The summed E-state index contributed by atoms with van der Waals surface area (Å²) in [6.45, 7) is 4.94. The summed E-state index contributed by atoms with van der Waals surface area (Å²) >= 11 is 0. The highest BCUT2D eigenvalue weighted by atomic mass is 31.1. The van der Waals surface area contributed by atoms with Gasteiger partial charge >= 0.3 is 0 Å².